The first kappa shape index (κ1) is 13.6. The molecule has 0 aliphatic carbocycles. The number of hydrogen-bond donors (Lipinski definition) is 1. The van der Waals surface area contributed by atoms with E-state index in [0.29, 0.717) is 24.5 Å². The molecule has 6 nitrogen and oxygen atoms in total. The summed E-state index contributed by atoms with van der Waals surface area (Å²) in [6.07, 6.45) is 3.06. The SMILES string of the molecule is CC(=O)N1CCC(Nc2nc(Cl)ncc2C#N)CC1. The van der Waals surface area contributed by atoms with Crippen LogP contribution in [0.15, 0.2) is 6.20 Å². The molecular weight excluding hydrogens is 266 g/mol. The zero-order valence-electron chi connectivity index (χ0n) is 10.6. The van der Waals surface area contributed by atoms with Gasteiger partial charge >= 0.3 is 0 Å². The Hall–Kier alpha value is -1.87. The van der Waals surface area contributed by atoms with Crippen LogP contribution in [-0.4, -0.2) is 39.9 Å². The zero-order chi connectivity index (χ0) is 13.8. The second-order valence-electron chi connectivity index (χ2n) is 4.44. The highest BCUT2D eigenvalue weighted by molar-refractivity contribution is 6.28. The maximum atomic E-state index is 11.2. The lowest BCUT2D eigenvalue weighted by atomic mass is 10.0. The molecule has 2 heterocycles. The molecule has 1 aromatic rings. The van der Waals surface area contributed by atoms with E-state index >= 15 is 0 Å². The lowest BCUT2D eigenvalue weighted by molar-refractivity contribution is -0.129. The number of nitrogens with one attached hydrogen (secondary N) is 1. The molecule has 19 heavy (non-hydrogen) atoms. The molecule has 0 unspecified atom stereocenters. The summed E-state index contributed by atoms with van der Waals surface area (Å²) in [6, 6.07) is 2.22. The zero-order valence-corrected chi connectivity index (χ0v) is 11.3. The van der Waals surface area contributed by atoms with Gasteiger partial charge in [-0.3, -0.25) is 4.79 Å². The first-order valence-electron chi connectivity index (χ1n) is 6.05. The number of likely N-dealkylation sites (tertiary alicyclic amines) is 1. The fourth-order valence-electron chi connectivity index (χ4n) is 2.08. The Labute approximate surface area is 116 Å². The van der Waals surface area contributed by atoms with E-state index in [9.17, 15) is 4.79 Å². The van der Waals surface area contributed by atoms with Gasteiger partial charge in [0, 0.05) is 26.1 Å². The Bertz CT molecular complexity index is 519. The second-order valence-corrected chi connectivity index (χ2v) is 4.78. The van der Waals surface area contributed by atoms with Crippen molar-refractivity contribution in [1.29, 1.82) is 5.26 Å². The molecule has 1 fully saturated rings. The molecule has 1 amide bonds. The smallest absolute Gasteiger partial charge is 0.224 e. The molecule has 1 saturated heterocycles. The Kier molecular flexibility index (Phi) is 4.17. The van der Waals surface area contributed by atoms with Crippen LogP contribution in [0.5, 0.6) is 0 Å². The average molecular weight is 280 g/mol. The van der Waals surface area contributed by atoms with Crippen molar-refractivity contribution in [3.8, 4) is 6.07 Å². The van der Waals surface area contributed by atoms with Gasteiger partial charge in [0.1, 0.15) is 17.5 Å². The van der Waals surface area contributed by atoms with Crippen molar-refractivity contribution < 1.29 is 4.79 Å². The molecule has 1 aliphatic rings. The van der Waals surface area contributed by atoms with Crippen LogP contribution in [0.2, 0.25) is 5.28 Å². The minimum Gasteiger partial charge on any atom is -0.366 e. The Morgan fingerprint density at radius 3 is 2.84 bits per heavy atom. The van der Waals surface area contributed by atoms with E-state index in [0.717, 1.165) is 12.8 Å². The van der Waals surface area contributed by atoms with Crippen molar-refractivity contribution in [2.45, 2.75) is 25.8 Å². The number of nitrogens with zero attached hydrogens (tertiary/aromatic N) is 4. The summed E-state index contributed by atoms with van der Waals surface area (Å²) in [5.41, 5.74) is 0.374. The fraction of sp³-hybridized carbons (Fsp3) is 0.500. The van der Waals surface area contributed by atoms with Crippen molar-refractivity contribution in [2.24, 2.45) is 0 Å². The second kappa shape index (κ2) is 5.85. The molecule has 0 saturated carbocycles. The minimum atomic E-state index is 0.0984. The van der Waals surface area contributed by atoms with Crippen LogP contribution in [0.3, 0.4) is 0 Å². The molecule has 0 spiro atoms. The number of rotatable bonds is 2. The summed E-state index contributed by atoms with van der Waals surface area (Å²) in [5, 5.41) is 12.3. The molecule has 0 bridgehead atoms. The maximum absolute atomic E-state index is 11.2. The van der Waals surface area contributed by atoms with Gasteiger partial charge in [-0.05, 0) is 24.4 Å². The molecule has 2 rings (SSSR count). The van der Waals surface area contributed by atoms with E-state index in [4.69, 9.17) is 16.9 Å². The summed E-state index contributed by atoms with van der Waals surface area (Å²) < 4.78 is 0. The summed E-state index contributed by atoms with van der Waals surface area (Å²) in [5.74, 6) is 0.560. The third-order valence-electron chi connectivity index (χ3n) is 3.16. The Balaban J connectivity index is 2.01. The molecule has 0 atom stereocenters. The summed E-state index contributed by atoms with van der Waals surface area (Å²) >= 11 is 5.73. The van der Waals surface area contributed by atoms with Crippen molar-refractivity contribution in [1.82, 2.24) is 14.9 Å². The van der Waals surface area contributed by atoms with Gasteiger partial charge in [0.05, 0.1) is 6.20 Å². The number of piperidine rings is 1. The number of hydrogen-bond acceptors (Lipinski definition) is 5. The highest BCUT2D eigenvalue weighted by Gasteiger charge is 2.21. The third-order valence-corrected chi connectivity index (χ3v) is 3.34. The molecular formula is C12H14ClN5O. The van der Waals surface area contributed by atoms with Crippen LogP contribution >= 0.6 is 11.6 Å². The average Bonchev–Trinajstić information content (AvgIpc) is 2.39. The highest BCUT2D eigenvalue weighted by Crippen LogP contribution is 2.19. The number of carbonyl (C=O) groups excluding carboxylic acids is 1. The van der Waals surface area contributed by atoms with Gasteiger partial charge in [-0.2, -0.15) is 10.2 Å². The number of aromatic nitrogens is 2. The number of amides is 1. The van der Waals surface area contributed by atoms with Crippen LogP contribution in [-0.2, 0) is 4.79 Å². The minimum absolute atomic E-state index is 0.0984. The predicted octanol–water partition coefficient (Wildman–Crippen LogP) is 1.42. The number of anilines is 1. The third kappa shape index (κ3) is 3.32. The Morgan fingerprint density at radius 1 is 1.58 bits per heavy atom. The first-order valence-corrected chi connectivity index (χ1v) is 6.42. The molecule has 1 aromatic heterocycles. The van der Waals surface area contributed by atoms with Crippen molar-refractivity contribution >= 4 is 23.3 Å². The van der Waals surface area contributed by atoms with E-state index in [1.54, 1.807) is 6.92 Å². The van der Waals surface area contributed by atoms with Crippen molar-refractivity contribution in [3.05, 3.63) is 17.0 Å². The number of nitriles is 1. The van der Waals surface area contributed by atoms with Gasteiger partial charge in [-0.25, -0.2) is 4.98 Å². The largest absolute Gasteiger partial charge is 0.366 e. The van der Waals surface area contributed by atoms with Crippen LogP contribution in [0, 0.1) is 11.3 Å². The maximum Gasteiger partial charge on any atom is 0.224 e. The van der Waals surface area contributed by atoms with Crippen LogP contribution in [0.4, 0.5) is 5.82 Å². The van der Waals surface area contributed by atoms with Crippen LogP contribution < -0.4 is 5.32 Å². The number of carbonyl (C=O) groups is 1. The Morgan fingerprint density at radius 2 is 2.26 bits per heavy atom. The van der Waals surface area contributed by atoms with Crippen LogP contribution in [0.1, 0.15) is 25.3 Å². The summed E-state index contributed by atoms with van der Waals surface area (Å²) in [7, 11) is 0. The fourth-order valence-corrected chi connectivity index (χ4v) is 2.22. The van der Waals surface area contributed by atoms with Gasteiger partial charge < -0.3 is 10.2 Å². The first-order chi connectivity index (χ1) is 9.10. The molecule has 100 valence electrons. The lowest BCUT2D eigenvalue weighted by Crippen LogP contribution is -2.41. The monoisotopic (exact) mass is 279 g/mol. The van der Waals surface area contributed by atoms with E-state index in [1.807, 2.05) is 11.0 Å². The van der Waals surface area contributed by atoms with Gasteiger partial charge in [-0.15, -0.1) is 0 Å². The standard InChI is InChI=1S/C12H14ClN5O/c1-8(19)18-4-2-10(3-5-18)16-11-9(6-14)7-15-12(13)17-11/h7,10H,2-5H2,1H3,(H,15,16,17). The van der Waals surface area contributed by atoms with Gasteiger partial charge in [0.25, 0.3) is 0 Å². The topological polar surface area (TPSA) is 81.9 Å². The van der Waals surface area contributed by atoms with E-state index < -0.39 is 0 Å². The summed E-state index contributed by atoms with van der Waals surface area (Å²) in [6.45, 7) is 3.01. The normalized spacial score (nSPS) is 15.9. The number of halogens is 1. The molecule has 1 aliphatic heterocycles. The lowest BCUT2D eigenvalue weighted by Gasteiger charge is -2.32. The van der Waals surface area contributed by atoms with Gasteiger partial charge in [-0.1, -0.05) is 0 Å². The molecule has 7 heteroatoms. The molecule has 1 N–H and O–H groups in total. The van der Waals surface area contributed by atoms with E-state index in [2.05, 4.69) is 15.3 Å². The van der Waals surface area contributed by atoms with E-state index in [1.165, 1.54) is 6.20 Å². The summed E-state index contributed by atoms with van der Waals surface area (Å²) in [4.78, 5) is 20.9. The van der Waals surface area contributed by atoms with Gasteiger partial charge in [0.15, 0.2) is 0 Å². The molecule has 0 radical (unpaired) electrons. The predicted molar refractivity (Wildman–Crippen MR) is 70.7 cm³/mol. The van der Waals surface area contributed by atoms with Crippen molar-refractivity contribution in [2.75, 3.05) is 18.4 Å². The van der Waals surface area contributed by atoms with Gasteiger partial charge in [0.2, 0.25) is 11.2 Å². The molecule has 0 aromatic carbocycles. The quantitative estimate of drug-likeness (QED) is 0.828. The van der Waals surface area contributed by atoms with E-state index in [-0.39, 0.29) is 17.2 Å². The highest BCUT2D eigenvalue weighted by atomic mass is 35.5. The van der Waals surface area contributed by atoms with Crippen LogP contribution in [0.25, 0.3) is 0 Å². The van der Waals surface area contributed by atoms with Crippen molar-refractivity contribution in [3.63, 3.8) is 0 Å².